The Labute approximate surface area is 173 Å². The Hall–Kier alpha value is -2.67. The smallest absolute Gasteiger partial charge is 0.283 e. The summed E-state index contributed by atoms with van der Waals surface area (Å²) in [6.07, 6.45) is 2.08. The molecule has 1 aliphatic carbocycles. The van der Waals surface area contributed by atoms with Crippen LogP contribution in [0.25, 0.3) is 11.0 Å². The molecule has 1 saturated carbocycles. The van der Waals surface area contributed by atoms with Crippen LogP contribution in [-0.4, -0.2) is 26.2 Å². The van der Waals surface area contributed by atoms with Gasteiger partial charge < -0.3 is 9.88 Å². The number of aryl methyl sites for hydroxylation is 4. The first-order chi connectivity index (χ1) is 13.8. The minimum atomic E-state index is -0.279. The van der Waals surface area contributed by atoms with Crippen molar-refractivity contribution in [3.8, 4) is 0 Å². The molecule has 0 radical (unpaired) electrons. The summed E-state index contributed by atoms with van der Waals surface area (Å²) in [5.41, 5.74) is 5.26. The van der Waals surface area contributed by atoms with E-state index in [2.05, 4.69) is 15.3 Å². The summed E-state index contributed by atoms with van der Waals surface area (Å²) in [5, 5.41) is 4.07. The van der Waals surface area contributed by atoms with Crippen molar-refractivity contribution in [3.05, 3.63) is 57.0 Å². The van der Waals surface area contributed by atoms with Gasteiger partial charge in [-0.15, -0.1) is 0 Å². The molecule has 3 aromatic rings. The van der Waals surface area contributed by atoms with Crippen LogP contribution < -0.4 is 10.9 Å². The topological polar surface area (TPSA) is 76.9 Å². The number of pyridine rings is 1. The van der Waals surface area contributed by atoms with E-state index in [1.54, 1.807) is 0 Å². The largest absolute Gasteiger partial charge is 0.325 e. The van der Waals surface area contributed by atoms with Gasteiger partial charge in [-0.2, -0.15) is 4.98 Å². The number of hydrogen-bond acceptors (Lipinski definition) is 5. The molecule has 150 valence electrons. The number of hydrogen-bond donors (Lipinski definition) is 1. The minimum absolute atomic E-state index is 0.122. The Morgan fingerprint density at radius 1 is 1.10 bits per heavy atom. The molecule has 1 fully saturated rings. The quantitative estimate of drug-likeness (QED) is 0.508. The lowest BCUT2D eigenvalue weighted by Gasteiger charge is -2.15. The zero-order valence-electron chi connectivity index (χ0n) is 17.1. The molecule has 1 aromatic carbocycles. The number of aromatic nitrogens is 3. The average molecular weight is 409 g/mol. The third-order valence-electron chi connectivity index (χ3n) is 5.21. The number of rotatable bonds is 5. The zero-order chi connectivity index (χ0) is 20.7. The van der Waals surface area contributed by atoms with E-state index in [9.17, 15) is 9.59 Å². The lowest BCUT2D eigenvalue weighted by Crippen LogP contribution is -2.20. The number of anilines is 1. The number of carbonyl (C=O) groups excluding carboxylic acids is 1. The van der Waals surface area contributed by atoms with Crippen LogP contribution in [0.2, 0.25) is 0 Å². The molecule has 0 saturated heterocycles. The molecule has 1 aliphatic rings. The van der Waals surface area contributed by atoms with Crippen LogP contribution in [0.1, 0.15) is 41.3 Å². The van der Waals surface area contributed by atoms with Gasteiger partial charge in [-0.25, -0.2) is 4.98 Å². The number of nitrogens with one attached hydrogen (secondary N) is 1. The maximum atomic E-state index is 12.7. The van der Waals surface area contributed by atoms with Gasteiger partial charge in [0.1, 0.15) is 5.65 Å². The molecule has 6 nitrogen and oxygen atoms in total. The second-order valence-corrected chi connectivity index (χ2v) is 8.66. The molecule has 29 heavy (non-hydrogen) atoms. The zero-order valence-corrected chi connectivity index (χ0v) is 17.9. The molecule has 0 atom stereocenters. The SMILES string of the molecule is Cc1cc(C)c2c(=O)nc(SCC(=O)Nc3ccc(C)c(C)c3)n(C3CC3)c2n1. The van der Waals surface area contributed by atoms with Gasteiger partial charge in [0.05, 0.1) is 11.1 Å². The average Bonchev–Trinajstić information content (AvgIpc) is 3.47. The minimum Gasteiger partial charge on any atom is -0.325 e. The fraction of sp³-hybridized carbons (Fsp3) is 0.364. The van der Waals surface area contributed by atoms with Crippen LogP contribution in [-0.2, 0) is 4.79 Å². The van der Waals surface area contributed by atoms with Gasteiger partial charge in [0, 0.05) is 17.4 Å². The number of carbonyl (C=O) groups is 1. The summed E-state index contributed by atoms with van der Waals surface area (Å²) in [7, 11) is 0. The van der Waals surface area contributed by atoms with Gasteiger partial charge in [-0.1, -0.05) is 17.8 Å². The molecule has 7 heteroatoms. The summed E-state index contributed by atoms with van der Waals surface area (Å²) in [5.74, 6) is 0.0610. The highest BCUT2D eigenvalue weighted by molar-refractivity contribution is 7.99. The van der Waals surface area contributed by atoms with E-state index in [0.29, 0.717) is 22.2 Å². The van der Waals surface area contributed by atoms with E-state index in [1.165, 1.54) is 17.3 Å². The van der Waals surface area contributed by atoms with Crippen LogP contribution in [0.4, 0.5) is 5.69 Å². The van der Waals surface area contributed by atoms with Crippen molar-refractivity contribution in [1.29, 1.82) is 0 Å². The van der Waals surface area contributed by atoms with Crippen LogP contribution >= 0.6 is 11.8 Å². The first-order valence-electron chi connectivity index (χ1n) is 9.74. The fourth-order valence-corrected chi connectivity index (χ4v) is 4.31. The van der Waals surface area contributed by atoms with Crippen LogP contribution in [0.3, 0.4) is 0 Å². The second kappa shape index (κ2) is 7.63. The van der Waals surface area contributed by atoms with E-state index >= 15 is 0 Å². The molecule has 1 amide bonds. The van der Waals surface area contributed by atoms with Gasteiger partial charge >= 0.3 is 0 Å². The number of benzene rings is 1. The first-order valence-corrected chi connectivity index (χ1v) is 10.7. The number of nitrogens with zero attached hydrogens (tertiary/aromatic N) is 3. The molecule has 0 spiro atoms. The van der Waals surface area contributed by atoms with Crippen molar-refractivity contribution in [3.63, 3.8) is 0 Å². The van der Waals surface area contributed by atoms with Crippen molar-refractivity contribution in [1.82, 2.24) is 14.5 Å². The normalized spacial score (nSPS) is 13.7. The third-order valence-corrected chi connectivity index (χ3v) is 6.16. The summed E-state index contributed by atoms with van der Waals surface area (Å²) in [6.45, 7) is 7.90. The molecule has 0 bridgehead atoms. The molecule has 4 rings (SSSR count). The van der Waals surface area contributed by atoms with Gasteiger partial charge in [-0.3, -0.25) is 9.59 Å². The van der Waals surface area contributed by atoms with Crippen molar-refractivity contribution in [2.24, 2.45) is 0 Å². The van der Waals surface area contributed by atoms with Gasteiger partial charge in [0.25, 0.3) is 5.56 Å². The van der Waals surface area contributed by atoms with E-state index in [4.69, 9.17) is 0 Å². The van der Waals surface area contributed by atoms with Crippen LogP contribution in [0.5, 0.6) is 0 Å². The molecule has 1 N–H and O–H groups in total. The first kappa shape index (κ1) is 19.6. The highest BCUT2D eigenvalue weighted by atomic mass is 32.2. The Balaban J connectivity index is 1.61. The molecule has 2 heterocycles. The van der Waals surface area contributed by atoms with Crippen molar-refractivity contribution < 1.29 is 4.79 Å². The molecular weight excluding hydrogens is 384 g/mol. The van der Waals surface area contributed by atoms with Gasteiger partial charge in [0.2, 0.25) is 5.91 Å². The molecular formula is C22H24N4O2S. The lowest BCUT2D eigenvalue weighted by molar-refractivity contribution is -0.113. The maximum absolute atomic E-state index is 12.7. The summed E-state index contributed by atoms with van der Waals surface area (Å²) >= 11 is 1.29. The van der Waals surface area contributed by atoms with E-state index in [-0.39, 0.29) is 17.2 Å². The monoisotopic (exact) mass is 408 g/mol. The standard InChI is InChI=1S/C22H24N4O2S/c1-12-5-6-16(10-13(12)2)24-18(27)11-29-22-25-21(28)19-14(3)9-15(4)23-20(19)26(22)17-7-8-17/h5-6,9-10,17H,7-8,11H2,1-4H3,(H,24,27). The fourth-order valence-electron chi connectivity index (χ4n) is 3.45. The van der Waals surface area contributed by atoms with Crippen LogP contribution in [0.15, 0.2) is 34.2 Å². The summed E-state index contributed by atoms with van der Waals surface area (Å²) < 4.78 is 2.05. The lowest BCUT2D eigenvalue weighted by atomic mass is 10.1. The predicted octanol–water partition coefficient (Wildman–Crippen LogP) is 4.09. The van der Waals surface area contributed by atoms with E-state index < -0.39 is 0 Å². The number of thioether (sulfide) groups is 1. The van der Waals surface area contributed by atoms with Crippen molar-refractivity contribution in [2.75, 3.05) is 11.1 Å². The van der Waals surface area contributed by atoms with Crippen molar-refractivity contribution >= 4 is 34.4 Å². The molecule has 0 aliphatic heterocycles. The van der Waals surface area contributed by atoms with Crippen LogP contribution in [0, 0.1) is 27.7 Å². The number of amides is 1. The number of fused-ring (bicyclic) bond motifs is 1. The Morgan fingerprint density at radius 2 is 1.86 bits per heavy atom. The Kier molecular flexibility index (Phi) is 5.17. The summed E-state index contributed by atoms with van der Waals surface area (Å²) in [6, 6.07) is 8.05. The summed E-state index contributed by atoms with van der Waals surface area (Å²) in [4.78, 5) is 34.1. The predicted molar refractivity (Wildman–Crippen MR) is 117 cm³/mol. The second-order valence-electron chi connectivity index (χ2n) is 7.72. The van der Waals surface area contributed by atoms with E-state index in [0.717, 1.165) is 35.3 Å². The highest BCUT2D eigenvalue weighted by Gasteiger charge is 2.29. The van der Waals surface area contributed by atoms with Crippen molar-refractivity contribution in [2.45, 2.75) is 51.7 Å². The highest BCUT2D eigenvalue weighted by Crippen LogP contribution is 2.39. The third kappa shape index (κ3) is 4.05. The Bertz CT molecular complexity index is 1180. The van der Waals surface area contributed by atoms with Gasteiger partial charge in [-0.05, 0) is 75.4 Å². The maximum Gasteiger partial charge on any atom is 0.283 e. The Morgan fingerprint density at radius 3 is 2.55 bits per heavy atom. The molecule has 0 unspecified atom stereocenters. The van der Waals surface area contributed by atoms with Gasteiger partial charge in [0.15, 0.2) is 5.16 Å². The van der Waals surface area contributed by atoms with E-state index in [1.807, 2.05) is 56.5 Å². The molecule has 2 aromatic heterocycles.